The van der Waals surface area contributed by atoms with Gasteiger partial charge in [-0.1, -0.05) is 12.2 Å². The summed E-state index contributed by atoms with van der Waals surface area (Å²) in [6.07, 6.45) is 9.08. The molecule has 1 aliphatic rings. The summed E-state index contributed by atoms with van der Waals surface area (Å²) in [6, 6.07) is 0. The zero-order valence-corrected chi connectivity index (χ0v) is 4.74. The molecule has 0 spiro atoms. The van der Waals surface area contributed by atoms with Crippen LogP contribution < -0.4 is 5.32 Å². The van der Waals surface area contributed by atoms with Gasteiger partial charge in [0.15, 0.2) is 0 Å². The molecule has 0 atom stereocenters. The number of nitrogens with one attached hydrogen (secondary N) is 1. The lowest BCUT2D eigenvalue weighted by atomic mass is 10.4. The van der Waals surface area contributed by atoms with Gasteiger partial charge in [-0.2, -0.15) is 0 Å². The number of halogens is 1. The molecule has 0 saturated heterocycles. The van der Waals surface area contributed by atoms with Crippen molar-refractivity contribution in [2.24, 2.45) is 0 Å². The summed E-state index contributed by atoms with van der Waals surface area (Å²) in [6.45, 7) is 0. The minimum atomic E-state index is 0. The topological polar surface area (TPSA) is 12.0 Å². The zero-order chi connectivity index (χ0) is 4.24. The number of dihydropyridines is 1. The van der Waals surface area contributed by atoms with Gasteiger partial charge in [0.1, 0.15) is 0 Å². The average Bonchev–Trinajstić information content (AvgIpc) is 1.72. The fourth-order valence-corrected chi connectivity index (χ4v) is 0.406. The third-order valence-electron chi connectivity index (χ3n) is 0.700. The standard InChI is InChI=1S/C5H7N.ClH/c1-2-4-6-5-3-1;/h2-6H,1H2;1H. The molecule has 0 aromatic rings. The largest absolute Gasteiger partial charge is 0.368 e. The van der Waals surface area contributed by atoms with Crippen LogP contribution in [-0.2, 0) is 0 Å². The Morgan fingerprint density at radius 1 is 1.14 bits per heavy atom. The Hall–Kier alpha value is -0.430. The first-order valence-corrected chi connectivity index (χ1v) is 2.06. The first-order valence-electron chi connectivity index (χ1n) is 2.06. The van der Waals surface area contributed by atoms with Crippen LogP contribution in [0.15, 0.2) is 24.6 Å². The Morgan fingerprint density at radius 2 is 1.71 bits per heavy atom. The smallest absolute Gasteiger partial charge is 0.00326 e. The van der Waals surface area contributed by atoms with E-state index in [1.807, 2.05) is 12.4 Å². The van der Waals surface area contributed by atoms with E-state index in [1.54, 1.807) is 0 Å². The van der Waals surface area contributed by atoms with Gasteiger partial charge in [0.25, 0.3) is 0 Å². The molecule has 2 heteroatoms. The first kappa shape index (κ1) is 6.57. The number of hydrogen-bond acceptors (Lipinski definition) is 1. The fraction of sp³-hybridized carbons (Fsp3) is 0.200. The Bertz CT molecular complexity index is 66.1. The van der Waals surface area contributed by atoms with Crippen molar-refractivity contribution in [3.8, 4) is 0 Å². The highest BCUT2D eigenvalue weighted by atomic mass is 35.5. The van der Waals surface area contributed by atoms with Gasteiger partial charge in [0.05, 0.1) is 0 Å². The summed E-state index contributed by atoms with van der Waals surface area (Å²) < 4.78 is 0. The molecule has 1 heterocycles. The normalized spacial score (nSPS) is 14.9. The predicted octanol–water partition coefficient (Wildman–Crippen LogP) is 1.43. The summed E-state index contributed by atoms with van der Waals surface area (Å²) in [7, 11) is 0. The predicted molar refractivity (Wildman–Crippen MR) is 33.3 cm³/mol. The summed E-state index contributed by atoms with van der Waals surface area (Å²) in [5.74, 6) is 0. The molecule has 0 radical (unpaired) electrons. The van der Waals surface area contributed by atoms with Crippen molar-refractivity contribution in [2.45, 2.75) is 6.42 Å². The van der Waals surface area contributed by atoms with Gasteiger partial charge in [-0.05, 0) is 18.8 Å². The van der Waals surface area contributed by atoms with Crippen molar-refractivity contribution in [1.29, 1.82) is 0 Å². The second-order valence-electron chi connectivity index (χ2n) is 1.21. The molecular formula is C5H8ClN. The molecule has 0 aromatic carbocycles. The van der Waals surface area contributed by atoms with Crippen LogP contribution >= 0.6 is 12.4 Å². The summed E-state index contributed by atoms with van der Waals surface area (Å²) >= 11 is 0. The number of allylic oxidation sites excluding steroid dienone is 2. The summed E-state index contributed by atoms with van der Waals surface area (Å²) in [4.78, 5) is 0. The SMILES string of the molecule is C1=CNC=CC1.Cl. The zero-order valence-electron chi connectivity index (χ0n) is 3.92. The summed E-state index contributed by atoms with van der Waals surface area (Å²) in [5, 5.41) is 2.92. The Kier molecular flexibility index (Phi) is 3.52. The van der Waals surface area contributed by atoms with Crippen LogP contribution in [0.1, 0.15) is 6.42 Å². The highest BCUT2D eigenvalue weighted by Crippen LogP contribution is 1.86. The molecule has 0 amide bonds. The second-order valence-corrected chi connectivity index (χ2v) is 1.21. The average molecular weight is 118 g/mol. The fourth-order valence-electron chi connectivity index (χ4n) is 0.406. The van der Waals surface area contributed by atoms with Gasteiger partial charge in [-0.25, -0.2) is 0 Å². The van der Waals surface area contributed by atoms with E-state index in [1.165, 1.54) is 0 Å². The molecular weight excluding hydrogens is 110 g/mol. The van der Waals surface area contributed by atoms with E-state index in [0.29, 0.717) is 0 Å². The molecule has 7 heavy (non-hydrogen) atoms. The summed E-state index contributed by atoms with van der Waals surface area (Å²) in [5.41, 5.74) is 0. The first-order chi connectivity index (χ1) is 3.00. The van der Waals surface area contributed by atoms with Crippen molar-refractivity contribution in [1.82, 2.24) is 5.32 Å². The molecule has 1 nitrogen and oxygen atoms in total. The minimum Gasteiger partial charge on any atom is -0.368 e. The monoisotopic (exact) mass is 117 g/mol. The van der Waals surface area contributed by atoms with E-state index < -0.39 is 0 Å². The van der Waals surface area contributed by atoms with Crippen LogP contribution in [0.3, 0.4) is 0 Å². The second kappa shape index (κ2) is 3.75. The van der Waals surface area contributed by atoms with Gasteiger partial charge >= 0.3 is 0 Å². The van der Waals surface area contributed by atoms with Crippen molar-refractivity contribution >= 4 is 12.4 Å². The molecule has 0 unspecified atom stereocenters. The lowest BCUT2D eigenvalue weighted by Gasteiger charge is -1.92. The maximum Gasteiger partial charge on any atom is -0.00326 e. The van der Waals surface area contributed by atoms with E-state index in [-0.39, 0.29) is 12.4 Å². The quantitative estimate of drug-likeness (QED) is 0.506. The molecule has 0 saturated carbocycles. The van der Waals surface area contributed by atoms with Crippen LogP contribution in [0.25, 0.3) is 0 Å². The highest BCUT2D eigenvalue weighted by Gasteiger charge is 1.73. The van der Waals surface area contributed by atoms with Gasteiger partial charge < -0.3 is 5.32 Å². The Labute approximate surface area is 49.5 Å². The lowest BCUT2D eigenvalue weighted by molar-refractivity contribution is 1.11. The van der Waals surface area contributed by atoms with Crippen molar-refractivity contribution in [3.63, 3.8) is 0 Å². The minimum absolute atomic E-state index is 0. The van der Waals surface area contributed by atoms with Crippen molar-refractivity contribution in [3.05, 3.63) is 24.6 Å². The van der Waals surface area contributed by atoms with Crippen LogP contribution in [0.4, 0.5) is 0 Å². The van der Waals surface area contributed by atoms with Crippen LogP contribution in [0.2, 0.25) is 0 Å². The molecule has 0 fully saturated rings. The van der Waals surface area contributed by atoms with Crippen molar-refractivity contribution < 1.29 is 0 Å². The maximum atomic E-state index is 2.92. The van der Waals surface area contributed by atoms with Gasteiger partial charge in [0, 0.05) is 0 Å². The molecule has 1 rings (SSSR count). The van der Waals surface area contributed by atoms with E-state index in [4.69, 9.17) is 0 Å². The van der Waals surface area contributed by atoms with Gasteiger partial charge in [-0.3, -0.25) is 0 Å². The molecule has 0 aliphatic carbocycles. The molecule has 0 aromatic heterocycles. The lowest BCUT2D eigenvalue weighted by Crippen LogP contribution is -1.93. The van der Waals surface area contributed by atoms with Crippen LogP contribution in [-0.4, -0.2) is 0 Å². The third-order valence-corrected chi connectivity index (χ3v) is 0.700. The van der Waals surface area contributed by atoms with E-state index in [9.17, 15) is 0 Å². The van der Waals surface area contributed by atoms with E-state index in [2.05, 4.69) is 17.5 Å². The van der Waals surface area contributed by atoms with Gasteiger partial charge in [0.2, 0.25) is 0 Å². The van der Waals surface area contributed by atoms with Crippen LogP contribution in [0, 0.1) is 0 Å². The maximum absolute atomic E-state index is 2.92. The number of hydrogen-bond donors (Lipinski definition) is 1. The number of rotatable bonds is 0. The Balaban J connectivity index is 0.000000360. The van der Waals surface area contributed by atoms with E-state index >= 15 is 0 Å². The Morgan fingerprint density at radius 3 is 1.86 bits per heavy atom. The van der Waals surface area contributed by atoms with Crippen LogP contribution in [0.5, 0.6) is 0 Å². The molecule has 0 bridgehead atoms. The molecule has 1 aliphatic heterocycles. The van der Waals surface area contributed by atoms with Crippen molar-refractivity contribution in [2.75, 3.05) is 0 Å². The third kappa shape index (κ3) is 2.29. The molecule has 1 N–H and O–H groups in total. The molecule has 40 valence electrons. The van der Waals surface area contributed by atoms with E-state index in [0.717, 1.165) is 6.42 Å². The highest BCUT2D eigenvalue weighted by molar-refractivity contribution is 5.85. The van der Waals surface area contributed by atoms with Gasteiger partial charge in [-0.15, -0.1) is 12.4 Å².